The lowest BCUT2D eigenvalue weighted by Gasteiger charge is -2.21. The fraction of sp³-hybridized carbons (Fsp3) is 0.316. The van der Waals surface area contributed by atoms with E-state index in [2.05, 4.69) is 44.3 Å². The molecule has 1 aliphatic heterocycles. The van der Waals surface area contributed by atoms with Crippen LogP contribution in [0.25, 0.3) is 0 Å². The Morgan fingerprint density at radius 1 is 1.09 bits per heavy atom. The number of fused-ring (bicyclic) bond motifs is 1. The number of hydrogen-bond acceptors (Lipinski definition) is 2. The number of amides is 1. The largest absolute Gasteiger partial charge is 0.325 e. The second-order valence-electron chi connectivity index (χ2n) is 6.23. The van der Waals surface area contributed by atoms with E-state index in [1.54, 1.807) is 0 Å². The molecule has 114 valence electrons. The molecule has 22 heavy (non-hydrogen) atoms. The minimum absolute atomic E-state index is 0.0686. The van der Waals surface area contributed by atoms with Gasteiger partial charge in [-0.05, 0) is 61.1 Å². The Labute approximate surface area is 131 Å². The monoisotopic (exact) mass is 294 g/mol. The average molecular weight is 294 g/mol. The Morgan fingerprint density at radius 3 is 2.45 bits per heavy atom. The predicted octanol–water partition coefficient (Wildman–Crippen LogP) is 3.72. The molecule has 2 aromatic carbocycles. The lowest BCUT2D eigenvalue weighted by atomic mass is 9.87. The molecule has 0 saturated heterocycles. The molecule has 1 heterocycles. The van der Waals surface area contributed by atoms with E-state index in [4.69, 9.17) is 5.73 Å². The fourth-order valence-corrected chi connectivity index (χ4v) is 3.27. The van der Waals surface area contributed by atoms with Crippen molar-refractivity contribution in [3.8, 4) is 0 Å². The molecule has 0 bridgehead atoms. The zero-order chi connectivity index (χ0) is 16.0. The van der Waals surface area contributed by atoms with Gasteiger partial charge in [0.25, 0.3) is 0 Å². The molecule has 1 amide bonds. The Hall–Kier alpha value is -2.13. The zero-order valence-electron chi connectivity index (χ0n) is 13.5. The van der Waals surface area contributed by atoms with Crippen molar-refractivity contribution < 1.29 is 4.79 Å². The third-order valence-electron chi connectivity index (χ3n) is 4.94. The molecule has 0 fully saturated rings. The summed E-state index contributed by atoms with van der Waals surface area (Å²) in [6.45, 7) is 8.16. The van der Waals surface area contributed by atoms with Gasteiger partial charge in [-0.3, -0.25) is 4.79 Å². The van der Waals surface area contributed by atoms with Gasteiger partial charge in [0.1, 0.15) is 0 Å². The molecule has 1 aliphatic rings. The number of aryl methyl sites for hydroxylation is 1. The van der Waals surface area contributed by atoms with Gasteiger partial charge in [0.15, 0.2) is 0 Å². The Kier molecular flexibility index (Phi) is 3.53. The van der Waals surface area contributed by atoms with Gasteiger partial charge in [-0.1, -0.05) is 30.3 Å². The molecule has 3 rings (SSSR count). The van der Waals surface area contributed by atoms with Gasteiger partial charge in [-0.25, -0.2) is 0 Å². The van der Waals surface area contributed by atoms with Crippen LogP contribution in [0.2, 0.25) is 0 Å². The maximum Gasteiger partial charge on any atom is 0.231 e. The summed E-state index contributed by atoms with van der Waals surface area (Å²) >= 11 is 0. The number of benzene rings is 2. The van der Waals surface area contributed by atoms with E-state index >= 15 is 0 Å². The van der Waals surface area contributed by atoms with Crippen LogP contribution in [0.4, 0.5) is 5.69 Å². The van der Waals surface area contributed by atoms with Crippen molar-refractivity contribution in [3.63, 3.8) is 0 Å². The van der Waals surface area contributed by atoms with Gasteiger partial charge < -0.3 is 11.1 Å². The first-order valence-corrected chi connectivity index (χ1v) is 7.67. The highest BCUT2D eigenvalue weighted by Gasteiger charge is 2.30. The van der Waals surface area contributed by atoms with Crippen LogP contribution >= 0.6 is 0 Å². The first-order chi connectivity index (χ1) is 10.4. The summed E-state index contributed by atoms with van der Waals surface area (Å²) < 4.78 is 0. The van der Waals surface area contributed by atoms with Gasteiger partial charge in [0.2, 0.25) is 5.91 Å². The number of rotatable bonds is 2. The van der Waals surface area contributed by atoms with Crippen LogP contribution < -0.4 is 11.1 Å². The zero-order valence-corrected chi connectivity index (χ0v) is 13.5. The van der Waals surface area contributed by atoms with E-state index in [0.29, 0.717) is 0 Å². The van der Waals surface area contributed by atoms with E-state index < -0.39 is 0 Å². The van der Waals surface area contributed by atoms with Crippen molar-refractivity contribution in [3.05, 3.63) is 63.7 Å². The predicted molar refractivity (Wildman–Crippen MR) is 90.2 cm³/mol. The molecule has 3 nitrogen and oxygen atoms in total. The number of nitrogens with one attached hydrogen (secondary N) is 1. The van der Waals surface area contributed by atoms with Crippen molar-refractivity contribution in [2.75, 3.05) is 5.32 Å². The molecule has 2 unspecified atom stereocenters. The molecule has 0 aliphatic carbocycles. The summed E-state index contributed by atoms with van der Waals surface area (Å²) in [6.07, 6.45) is 0. The minimum atomic E-state index is -0.173. The van der Waals surface area contributed by atoms with E-state index in [-0.39, 0.29) is 17.9 Å². The molecular formula is C19H22N2O. The molecule has 0 saturated carbocycles. The number of carbonyl (C=O) groups excluding carboxylic acids is 1. The van der Waals surface area contributed by atoms with Crippen LogP contribution in [0.1, 0.15) is 52.3 Å². The van der Waals surface area contributed by atoms with Crippen LogP contribution in [0.15, 0.2) is 30.3 Å². The summed E-state index contributed by atoms with van der Waals surface area (Å²) in [5.41, 5.74) is 14.3. The molecule has 3 N–H and O–H groups in total. The SMILES string of the molecule is Cc1ccccc1C(N)c1cc2c(c(C)c1C)NC(=O)C2C. The Balaban J connectivity index is 2.15. The standard InChI is InChI=1S/C19H22N2O/c1-10-7-5-6-8-14(10)17(20)15-9-16-13(4)19(22)21-18(16)12(3)11(15)2/h5-9,13,17H,20H2,1-4H3,(H,21,22). The average Bonchev–Trinajstić information content (AvgIpc) is 2.78. The number of hydrogen-bond donors (Lipinski definition) is 2. The lowest BCUT2D eigenvalue weighted by Crippen LogP contribution is -2.15. The normalized spacial score (nSPS) is 18.0. The third-order valence-corrected chi connectivity index (χ3v) is 4.94. The highest BCUT2D eigenvalue weighted by Crippen LogP contribution is 2.40. The lowest BCUT2D eigenvalue weighted by molar-refractivity contribution is -0.116. The maximum atomic E-state index is 12.0. The molecular weight excluding hydrogens is 272 g/mol. The smallest absolute Gasteiger partial charge is 0.231 e. The van der Waals surface area contributed by atoms with Gasteiger partial charge in [0.05, 0.1) is 12.0 Å². The summed E-state index contributed by atoms with van der Waals surface area (Å²) in [5.74, 6) is -0.0452. The van der Waals surface area contributed by atoms with Crippen LogP contribution in [0.3, 0.4) is 0 Å². The molecule has 0 spiro atoms. The van der Waals surface area contributed by atoms with E-state index in [9.17, 15) is 4.79 Å². The summed E-state index contributed by atoms with van der Waals surface area (Å²) in [6, 6.07) is 10.1. The third kappa shape index (κ3) is 2.13. The van der Waals surface area contributed by atoms with Crippen LogP contribution in [0, 0.1) is 20.8 Å². The Bertz CT molecular complexity index is 764. The summed E-state index contributed by atoms with van der Waals surface area (Å²) in [7, 11) is 0. The van der Waals surface area contributed by atoms with Gasteiger partial charge in [-0.15, -0.1) is 0 Å². The van der Waals surface area contributed by atoms with Crippen molar-refractivity contribution >= 4 is 11.6 Å². The van der Waals surface area contributed by atoms with Crippen molar-refractivity contribution in [2.45, 2.75) is 39.7 Å². The fourth-order valence-electron chi connectivity index (χ4n) is 3.27. The summed E-state index contributed by atoms with van der Waals surface area (Å²) in [5, 5.41) is 2.99. The van der Waals surface area contributed by atoms with Gasteiger partial charge >= 0.3 is 0 Å². The number of carbonyl (C=O) groups is 1. The number of anilines is 1. The highest BCUT2D eigenvalue weighted by atomic mass is 16.2. The van der Waals surface area contributed by atoms with Crippen molar-refractivity contribution in [2.24, 2.45) is 5.73 Å². The second-order valence-corrected chi connectivity index (χ2v) is 6.23. The van der Waals surface area contributed by atoms with E-state index in [1.165, 1.54) is 5.56 Å². The molecule has 0 aromatic heterocycles. The highest BCUT2D eigenvalue weighted by molar-refractivity contribution is 6.03. The van der Waals surface area contributed by atoms with Gasteiger partial charge in [0, 0.05) is 5.69 Å². The maximum absolute atomic E-state index is 12.0. The van der Waals surface area contributed by atoms with Crippen molar-refractivity contribution in [1.29, 1.82) is 0 Å². The topological polar surface area (TPSA) is 55.1 Å². The second kappa shape index (κ2) is 5.25. The van der Waals surface area contributed by atoms with Crippen LogP contribution in [-0.4, -0.2) is 5.91 Å². The number of nitrogens with two attached hydrogens (primary N) is 1. The Morgan fingerprint density at radius 2 is 1.77 bits per heavy atom. The minimum Gasteiger partial charge on any atom is -0.325 e. The first kappa shape index (κ1) is 14.8. The van der Waals surface area contributed by atoms with E-state index in [0.717, 1.165) is 33.5 Å². The first-order valence-electron chi connectivity index (χ1n) is 7.67. The molecule has 0 radical (unpaired) electrons. The van der Waals surface area contributed by atoms with Crippen LogP contribution in [0.5, 0.6) is 0 Å². The van der Waals surface area contributed by atoms with Crippen LogP contribution in [-0.2, 0) is 4.79 Å². The molecule has 2 aromatic rings. The summed E-state index contributed by atoms with van der Waals surface area (Å²) in [4.78, 5) is 12.0. The quantitative estimate of drug-likeness (QED) is 0.887. The van der Waals surface area contributed by atoms with Crippen molar-refractivity contribution in [1.82, 2.24) is 0 Å². The van der Waals surface area contributed by atoms with E-state index in [1.807, 2.05) is 19.1 Å². The molecule has 3 heteroatoms. The van der Waals surface area contributed by atoms with Gasteiger partial charge in [-0.2, -0.15) is 0 Å². The molecule has 2 atom stereocenters.